The molecule has 0 radical (unpaired) electrons. The van der Waals surface area contributed by atoms with Crippen molar-refractivity contribution < 1.29 is 14.3 Å². The summed E-state index contributed by atoms with van der Waals surface area (Å²) >= 11 is 0. The number of hydrogen-bond acceptors (Lipinski definition) is 3. The zero-order valence-electron chi connectivity index (χ0n) is 15.3. The number of esters is 1. The molecule has 0 spiro atoms. The minimum absolute atomic E-state index is 0.203. The Balaban J connectivity index is 1.46. The summed E-state index contributed by atoms with van der Waals surface area (Å²) in [6, 6.07) is 5.84. The van der Waals surface area contributed by atoms with Crippen LogP contribution < -0.4 is 5.32 Å². The lowest BCUT2D eigenvalue weighted by atomic mass is 9.95. The zero-order chi connectivity index (χ0) is 18.1. The Bertz CT molecular complexity index is 833. The van der Waals surface area contributed by atoms with Crippen molar-refractivity contribution in [1.82, 2.24) is 10.3 Å². The lowest BCUT2D eigenvalue weighted by Gasteiger charge is -2.17. The third kappa shape index (κ3) is 3.35. The molecule has 5 heteroatoms. The number of fused-ring (bicyclic) bond motifs is 3. The van der Waals surface area contributed by atoms with Gasteiger partial charge in [-0.25, -0.2) is 4.79 Å². The maximum absolute atomic E-state index is 12.5. The van der Waals surface area contributed by atoms with Gasteiger partial charge in [0.1, 0.15) is 0 Å². The van der Waals surface area contributed by atoms with E-state index in [4.69, 9.17) is 4.74 Å². The van der Waals surface area contributed by atoms with E-state index in [1.54, 1.807) is 13.0 Å². The van der Waals surface area contributed by atoms with E-state index < -0.39 is 12.1 Å². The highest BCUT2D eigenvalue weighted by Crippen LogP contribution is 2.30. The number of hydrogen-bond donors (Lipinski definition) is 2. The van der Waals surface area contributed by atoms with Crippen LogP contribution in [0.4, 0.5) is 0 Å². The first kappa shape index (κ1) is 17.1. The smallest absolute Gasteiger partial charge is 0.338 e. The van der Waals surface area contributed by atoms with Crippen molar-refractivity contribution in [3.8, 4) is 0 Å². The van der Waals surface area contributed by atoms with Gasteiger partial charge in [0.05, 0.1) is 5.56 Å². The largest absolute Gasteiger partial charge is 0.449 e. The molecule has 1 aromatic carbocycles. The van der Waals surface area contributed by atoms with Gasteiger partial charge in [0, 0.05) is 22.6 Å². The van der Waals surface area contributed by atoms with Crippen molar-refractivity contribution in [3.05, 3.63) is 35.0 Å². The summed E-state index contributed by atoms with van der Waals surface area (Å²) in [5.74, 6) is -0.642. The van der Waals surface area contributed by atoms with Crippen LogP contribution in [0.5, 0.6) is 0 Å². The number of aromatic amines is 1. The van der Waals surface area contributed by atoms with Gasteiger partial charge in [0.25, 0.3) is 5.91 Å². The summed E-state index contributed by atoms with van der Waals surface area (Å²) in [5, 5.41) is 4.09. The summed E-state index contributed by atoms with van der Waals surface area (Å²) < 4.78 is 5.42. The van der Waals surface area contributed by atoms with Crippen LogP contribution in [0.25, 0.3) is 10.9 Å². The van der Waals surface area contributed by atoms with Gasteiger partial charge in [0.2, 0.25) is 0 Å². The molecule has 1 saturated carbocycles. The molecule has 1 atom stereocenters. The predicted octanol–water partition coefficient (Wildman–Crippen LogP) is 3.65. The van der Waals surface area contributed by atoms with E-state index in [0.717, 1.165) is 49.4 Å². The van der Waals surface area contributed by atoms with Gasteiger partial charge in [-0.3, -0.25) is 4.79 Å². The van der Waals surface area contributed by atoms with Crippen molar-refractivity contribution in [1.29, 1.82) is 0 Å². The lowest BCUT2D eigenvalue weighted by molar-refractivity contribution is -0.129. The molecule has 0 bridgehead atoms. The number of aromatic nitrogens is 1. The standard InChI is InChI=1S/C21H26N2O3/c1-13(20(24)22-15-6-2-3-7-15)26-21(25)14-10-11-19-17(12-14)16-8-4-5-9-18(16)23-19/h10-13,15,23H,2-9H2,1H3,(H,22,24)/t13-/m0/s1. The highest BCUT2D eigenvalue weighted by atomic mass is 16.5. The minimum Gasteiger partial charge on any atom is -0.449 e. The second-order valence-electron chi connectivity index (χ2n) is 7.59. The van der Waals surface area contributed by atoms with Crippen molar-refractivity contribution >= 4 is 22.8 Å². The van der Waals surface area contributed by atoms with Crippen LogP contribution in [0, 0.1) is 0 Å². The van der Waals surface area contributed by atoms with E-state index in [-0.39, 0.29) is 11.9 Å². The van der Waals surface area contributed by atoms with Gasteiger partial charge in [-0.2, -0.15) is 0 Å². The second-order valence-corrected chi connectivity index (χ2v) is 7.59. The Kier molecular flexibility index (Phi) is 4.70. The van der Waals surface area contributed by atoms with E-state index in [0.29, 0.717) is 5.56 Å². The number of carbonyl (C=O) groups is 2. The number of rotatable bonds is 4. The average molecular weight is 354 g/mol. The zero-order valence-corrected chi connectivity index (χ0v) is 15.3. The Morgan fingerprint density at radius 3 is 2.73 bits per heavy atom. The van der Waals surface area contributed by atoms with E-state index in [2.05, 4.69) is 10.3 Å². The van der Waals surface area contributed by atoms with E-state index in [1.807, 2.05) is 12.1 Å². The van der Waals surface area contributed by atoms with Crippen LogP contribution in [0.15, 0.2) is 18.2 Å². The average Bonchev–Trinajstić information content (AvgIpc) is 3.28. The maximum atomic E-state index is 12.5. The Hall–Kier alpha value is -2.30. The van der Waals surface area contributed by atoms with Gasteiger partial charge in [-0.05, 0) is 69.2 Å². The highest BCUT2D eigenvalue weighted by Gasteiger charge is 2.24. The number of ether oxygens (including phenoxy) is 1. The monoisotopic (exact) mass is 354 g/mol. The van der Waals surface area contributed by atoms with Gasteiger partial charge >= 0.3 is 5.97 Å². The van der Waals surface area contributed by atoms with E-state index >= 15 is 0 Å². The first-order valence-corrected chi connectivity index (χ1v) is 9.76. The molecule has 1 aromatic heterocycles. The molecule has 5 nitrogen and oxygen atoms in total. The summed E-state index contributed by atoms with van der Waals surface area (Å²) in [4.78, 5) is 28.2. The molecule has 2 aliphatic carbocycles. The molecular weight excluding hydrogens is 328 g/mol. The first-order valence-electron chi connectivity index (χ1n) is 9.76. The van der Waals surface area contributed by atoms with Gasteiger partial charge in [-0.15, -0.1) is 0 Å². The van der Waals surface area contributed by atoms with E-state index in [9.17, 15) is 9.59 Å². The SMILES string of the molecule is C[C@H](OC(=O)c1ccc2[nH]c3c(c2c1)CCCC3)C(=O)NC1CCCC1. The van der Waals surface area contributed by atoms with Gasteiger partial charge in [-0.1, -0.05) is 12.8 Å². The van der Waals surface area contributed by atoms with Crippen LogP contribution >= 0.6 is 0 Å². The Morgan fingerprint density at radius 2 is 1.92 bits per heavy atom. The molecule has 1 fully saturated rings. The number of amides is 1. The number of H-pyrrole nitrogens is 1. The number of nitrogens with one attached hydrogen (secondary N) is 2. The van der Waals surface area contributed by atoms with Crippen molar-refractivity contribution in [3.63, 3.8) is 0 Å². The summed E-state index contributed by atoms with van der Waals surface area (Å²) in [6.07, 6.45) is 8.08. The molecule has 26 heavy (non-hydrogen) atoms. The topological polar surface area (TPSA) is 71.2 Å². The fourth-order valence-corrected chi connectivity index (χ4v) is 4.20. The van der Waals surface area contributed by atoms with E-state index in [1.165, 1.54) is 24.1 Å². The number of benzene rings is 1. The van der Waals surface area contributed by atoms with Crippen molar-refractivity contribution in [2.75, 3.05) is 0 Å². The normalized spacial score (nSPS) is 18.5. The fraction of sp³-hybridized carbons (Fsp3) is 0.524. The quantitative estimate of drug-likeness (QED) is 0.823. The summed E-state index contributed by atoms with van der Waals surface area (Å²) in [6.45, 7) is 1.64. The summed E-state index contributed by atoms with van der Waals surface area (Å²) in [5.41, 5.74) is 4.19. The van der Waals surface area contributed by atoms with Crippen LogP contribution in [0.1, 0.15) is 67.1 Å². The molecule has 0 unspecified atom stereocenters. The van der Waals surface area contributed by atoms with Crippen molar-refractivity contribution in [2.45, 2.75) is 70.4 Å². The molecule has 0 aliphatic heterocycles. The molecule has 1 heterocycles. The molecule has 2 N–H and O–H groups in total. The lowest BCUT2D eigenvalue weighted by Crippen LogP contribution is -2.40. The van der Waals surface area contributed by atoms with Crippen LogP contribution in [0.2, 0.25) is 0 Å². The maximum Gasteiger partial charge on any atom is 0.338 e. The van der Waals surface area contributed by atoms with Gasteiger partial charge in [0.15, 0.2) is 6.10 Å². The fourth-order valence-electron chi connectivity index (χ4n) is 4.20. The molecular formula is C21H26N2O3. The Labute approximate surface area is 153 Å². The molecule has 1 amide bonds. The molecule has 2 aliphatic rings. The predicted molar refractivity (Wildman–Crippen MR) is 100 cm³/mol. The van der Waals surface area contributed by atoms with Gasteiger partial charge < -0.3 is 15.0 Å². The second kappa shape index (κ2) is 7.14. The third-order valence-electron chi connectivity index (χ3n) is 5.69. The summed E-state index contributed by atoms with van der Waals surface area (Å²) in [7, 11) is 0. The van der Waals surface area contributed by atoms with Crippen LogP contribution in [-0.2, 0) is 22.4 Å². The third-order valence-corrected chi connectivity index (χ3v) is 5.69. The first-order chi connectivity index (χ1) is 12.6. The Morgan fingerprint density at radius 1 is 1.15 bits per heavy atom. The molecule has 138 valence electrons. The number of carbonyl (C=O) groups excluding carboxylic acids is 2. The van der Waals surface area contributed by atoms with Crippen LogP contribution in [0.3, 0.4) is 0 Å². The molecule has 4 rings (SSSR count). The molecule has 2 aromatic rings. The molecule has 0 saturated heterocycles. The highest BCUT2D eigenvalue weighted by molar-refractivity contribution is 5.97. The van der Waals surface area contributed by atoms with Crippen molar-refractivity contribution in [2.24, 2.45) is 0 Å². The number of aryl methyl sites for hydroxylation is 2. The van der Waals surface area contributed by atoms with Crippen LogP contribution in [-0.4, -0.2) is 29.0 Å². The minimum atomic E-state index is -0.779.